The third-order valence-corrected chi connectivity index (χ3v) is 2.54. The van der Waals surface area contributed by atoms with Gasteiger partial charge >= 0.3 is 0 Å². The third-order valence-electron chi connectivity index (χ3n) is 2.54. The first kappa shape index (κ1) is 12.3. The van der Waals surface area contributed by atoms with Crippen LogP contribution in [0.1, 0.15) is 11.1 Å². The van der Waals surface area contributed by atoms with Crippen molar-refractivity contribution in [2.24, 2.45) is 0 Å². The van der Waals surface area contributed by atoms with Crippen LogP contribution in [0.4, 0.5) is 4.39 Å². The molecule has 2 aromatic carbocycles. The van der Waals surface area contributed by atoms with Crippen LogP contribution in [0.5, 0.6) is 5.75 Å². The molecule has 3 heteroatoms. The Morgan fingerprint density at radius 3 is 2.50 bits per heavy atom. The van der Waals surface area contributed by atoms with Gasteiger partial charge in [-0.1, -0.05) is 24.3 Å². The van der Waals surface area contributed by atoms with Crippen LogP contribution in [0, 0.1) is 5.82 Å². The summed E-state index contributed by atoms with van der Waals surface area (Å²) in [6.07, 6.45) is 1.27. The normalized spacial score (nSPS) is 10.1. The molecule has 0 bridgehead atoms. The molecule has 18 heavy (non-hydrogen) atoms. The van der Waals surface area contributed by atoms with E-state index in [0.717, 1.165) is 17.4 Å². The van der Waals surface area contributed by atoms with Crippen molar-refractivity contribution in [3.63, 3.8) is 0 Å². The van der Waals surface area contributed by atoms with Crippen molar-refractivity contribution in [1.82, 2.24) is 0 Å². The summed E-state index contributed by atoms with van der Waals surface area (Å²) in [5.74, 6) is 0.436. The third kappa shape index (κ3) is 3.42. The van der Waals surface area contributed by atoms with Gasteiger partial charge < -0.3 is 9.53 Å². The van der Waals surface area contributed by atoms with Crippen LogP contribution in [-0.4, -0.2) is 6.29 Å². The summed E-state index contributed by atoms with van der Waals surface area (Å²) in [5.41, 5.74) is 1.73. The minimum atomic E-state index is -0.266. The largest absolute Gasteiger partial charge is 0.489 e. The van der Waals surface area contributed by atoms with E-state index in [1.54, 1.807) is 18.2 Å². The molecule has 0 aliphatic rings. The summed E-state index contributed by atoms with van der Waals surface area (Å²) in [6, 6.07) is 13.6. The monoisotopic (exact) mass is 244 g/mol. The molecule has 2 rings (SSSR count). The van der Waals surface area contributed by atoms with Gasteiger partial charge in [-0.05, 0) is 35.4 Å². The Morgan fingerprint density at radius 1 is 1.06 bits per heavy atom. The van der Waals surface area contributed by atoms with Crippen LogP contribution < -0.4 is 4.74 Å². The molecule has 0 saturated carbocycles. The molecule has 0 fully saturated rings. The van der Waals surface area contributed by atoms with E-state index in [2.05, 4.69) is 0 Å². The number of carbonyl (C=O) groups excluding carboxylic acids is 1. The summed E-state index contributed by atoms with van der Waals surface area (Å²) in [4.78, 5) is 10.3. The Kier molecular flexibility index (Phi) is 4.07. The number of ether oxygens (including phenoxy) is 1. The molecule has 0 unspecified atom stereocenters. The SMILES string of the molecule is O=CCc1ccc(OCc2cccc(F)c2)cc1. The Balaban J connectivity index is 1.95. The Bertz CT molecular complexity index is 520. The highest BCUT2D eigenvalue weighted by Crippen LogP contribution is 2.14. The van der Waals surface area contributed by atoms with Gasteiger partial charge in [-0.15, -0.1) is 0 Å². The number of benzene rings is 2. The minimum absolute atomic E-state index is 0.266. The molecule has 0 aromatic heterocycles. The fraction of sp³-hybridized carbons (Fsp3) is 0.133. The molecule has 2 nitrogen and oxygen atoms in total. The second kappa shape index (κ2) is 5.96. The van der Waals surface area contributed by atoms with Gasteiger partial charge in [-0.2, -0.15) is 0 Å². The number of hydrogen-bond acceptors (Lipinski definition) is 2. The van der Waals surface area contributed by atoms with Gasteiger partial charge in [0.05, 0.1) is 0 Å². The zero-order chi connectivity index (χ0) is 12.8. The van der Waals surface area contributed by atoms with Crippen LogP contribution in [-0.2, 0) is 17.8 Å². The van der Waals surface area contributed by atoms with Crippen molar-refractivity contribution in [3.05, 3.63) is 65.5 Å². The Morgan fingerprint density at radius 2 is 1.83 bits per heavy atom. The lowest BCUT2D eigenvalue weighted by molar-refractivity contribution is -0.107. The van der Waals surface area contributed by atoms with E-state index in [4.69, 9.17) is 4.74 Å². The second-order valence-corrected chi connectivity index (χ2v) is 3.93. The number of hydrogen-bond donors (Lipinski definition) is 0. The molecule has 0 saturated heterocycles. The molecule has 0 N–H and O–H groups in total. The molecule has 0 aliphatic carbocycles. The van der Waals surface area contributed by atoms with Crippen molar-refractivity contribution in [1.29, 1.82) is 0 Å². The average molecular weight is 244 g/mol. The first-order valence-electron chi connectivity index (χ1n) is 5.68. The van der Waals surface area contributed by atoms with Gasteiger partial charge in [0.1, 0.15) is 24.5 Å². The molecule has 0 radical (unpaired) electrons. The Labute approximate surface area is 105 Å². The Hall–Kier alpha value is -2.16. The standard InChI is InChI=1S/C15H13FO2/c16-14-3-1-2-13(10-14)11-18-15-6-4-12(5-7-15)8-9-17/h1-7,9-10H,8,11H2. The van der Waals surface area contributed by atoms with E-state index in [1.165, 1.54) is 12.1 Å². The van der Waals surface area contributed by atoms with Gasteiger partial charge in [0.15, 0.2) is 0 Å². The highest BCUT2D eigenvalue weighted by atomic mass is 19.1. The predicted octanol–water partition coefficient (Wildman–Crippen LogP) is 3.15. The lowest BCUT2D eigenvalue weighted by Crippen LogP contribution is -1.96. The molecule has 0 atom stereocenters. The van der Waals surface area contributed by atoms with Crippen LogP contribution in [0.3, 0.4) is 0 Å². The zero-order valence-electron chi connectivity index (χ0n) is 9.80. The lowest BCUT2D eigenvalue weighted by Gasteiger charge is -2.06. The van der Waals surface area contributed by atoms with E-state index in [-0.39, 0.29) is 5.82 Å². The molecular formula is C15H13FO2. The van der Waals surface area contributed by atoms with E-state index < -0.39 is 0 Å². The second-order valence-electron chi connectivity index (χ2n) is 3.93. The van der Waals surface area contributed by atoms with Gasteiger partial charge in [0.25, 0.3) is 0 Å². The molecule has 92 valence electrons. The fourth-order valence-electron chi connectivity index (χ4n) is 1.61. The highest BCUT2D eigenvalue weighted by molar-refractivity contribution is 5.55. The predicted molar refractivity (Wildman–Crippen MR) is 66.9 cm³/mol. The fourth-order valence-corrected chi connectivity index (χ4v) is 1.61. The highest BCUT2D eigenvalue weighted by Gasteiger charge is 1.98. The maximum atomic E-state index is 12.9. The van der Waals surface area contributed by atoms with Gasteiger partial charge in [0.2, 0.25) is 0 Å². The van der Waals surface area contributed by atoms with Crippen molar-refractivity contribution < 1.29 is 13.9 Å². The minimum Gasteiger partial charge on any atom is -0.489 e. The molecule has 2 aromatic rings. The van der Waals surface area contributed by atoms with Crippen molar-refractivity contribution >= 4 is 6.29 Å². The van der Waals surface area contributed by atoms with E-state index in [0.29, 0.717) is 18.8 Å². The molecule has 0 amide bonds. The van der Waals surface area contributed by atoms with Gasteiger partial charge in [0, 0.05) is 6.42 Å². The van der Waals surface area contributed by atoms with Crippen LogP contribution in [0.25, 0.3) is 0 Å². The van der Waals surface area contributed by atoms with Crippen LogP contribution in [0.15, 0.2) is 48.5 Å². The van der Waals surface area contributed by atoms with Crippen molar-refractivity contribution in [2.45, 2.75) is 13.0 Å². The quantitative estimate of drug-likeness (QED) is 0.755. The van der Waals surface area contributed by atoms with Crippen LogP contribution >= 0.6 is 0 Å². The smallest absolute Gasteiger partial charge is 0.124 e. The van der Waals surface area contributed by atoms with E-state index in [1.807, 2.05) is 18.2 Å². The molecule has 0 heterocycles. The number of aldehydes is 1. The summed E-state index contributed by atoms with van der Waals surface area (Å²) >= 11 is 0. The van der Waals surface area contributed by atoms with Gasteiger partial charge in [-0.25, -0.2) is 4.39 Å². The maximum Gasteiger partial charge on any atom is 0.124 e. The zero-order valence-corrected chi connectivity index (χ0v) is 9.80. The number of halogens is 1. The maximum absolute atomic E-state index is 12.9. The average Bonchev–Trinajstić information content (AvgIpc) is 2.38. The summed E-state index contributed by atoms with van der Waals surface area (Å²) < 4.78 is 18.5. The van der Waals surface area contributed by atoms with Crippen molar-refractivity contribution in [3.8, 4) is 5.75 Å². The lowest BCUT2D eigenvalue weighted by atomic mass is 10.2. The molecule has 0 spiro atoms. The number of carbonyl (C=O) groups is 1. The van der Waals surface area contributed by atoms with E-state index in [9.17, 15) is 9.18 Å². The summed E-state index contributed by atoms with van der Waals surface area (Å²) in [7, 11) is 0. The van der Waals surface area contributed by atoms with Crippen LogP contribution in [0.2, 0.25) is 0 Å². The molecular weight excluding hydrogens is 231 g/mol. The topological polar surface area (TPSA) is 26.3 Å². The number of rotatable bonds is 5. The van der Waals surface area contributed by atoms with E-state index >= 15 is 0 Å². The first-order chi connectivity index (χ1) is 8.78. The summed E-state index contributed by atoms with van der Waals surface area (Å²) in [5, 5.41) is 0. The molecule has 0 aliphatic heterocycles. The summed E-state index contributed by atoms with van der Waals surface area (Å²) in [6.45, 7) is 0.324. The van der Waals surface area contributed by atoms with Crippen molar-refractivity contribution in [2.75, 3.05) is 0 Å². The first-order valence-corrected chi connectivity index (χ1v) is 5.68. The van der Waals surface area contributed by atoms with Gasteiger partial charge in [-0.3, -0.25) is 0 Å².